The number of primary amides is 1. The number of H-pyrrole nitrogens is 2. The van der Waals surface area contributed by atoms with Crippen molar-refractivity contribution in [1.82, 2.24) is 9.97 Å². The molecule has 4 rings (SSSR count). The summed E-state index contributed by atoms with van der Waals surface area (Å²) >= 11 is 0. The molecule has 0 radical (unpaired) electrons. The first-order valence-electron chi connectivity index (χ1n) is 12.7. The number of carboxylic acids is 1. The highest BCUT2D eigenvalue weighted by Crippen LogP contribution is 2.29. The number of pyridine rings is 2. The lowest BCUT2D eigenvalue weighted by Gasteiger charge is -2.10. The maximum atomic E-state index is 11.8. The molecular weight excluding hydrogens is 514 g/mol. The normalized spacial score (nSPS) is 10.2. The van der Waals surface area contributed by atoms with Gasteiger partial charge in [0.1, 0.15) is 22.6 Å². The number of amides is 1. The van der Waals surface area contributed by atoms with Gasteiger partial charge >= 0.3 is 5.97 Å². The van der Waals surface area contributed by atoms with Crippen LogP contribution in [0.25, 0.3) is 22.5 Å². The number of para-hydroxylation sites is 2. The molecule has 2 aromatic heterocycles. The van der Waals surface area contributed by atoms with Gasteiger partial charge in [0.25, 0.3) is 17.0 Å². The highest BCUT2D eigenvalue weighted by molar-refractivity contribution is 5.92. The fraction of sp³-hybridized carbons (Fsp3) is 0.200. The van der Waals surface area contributed by atoms with E-state index in [1.54, 1.807) is 12.1 Å². The Morgan fingerprint density at radius 3 is 1.50 bits per heavy atom. The number of nitrogens with two attached hydrogens (primary N) is 1. The highest BCUT2D eigenvalue weighted by atomic mass is 16.5. The standard InChI is InChI=1S/C15H16N2O3.C15H15NO4/c1-2-9-20-13-6-4-3-5-10(13)12-8-7-11(14(16)18)15(19)17-12;1-2-9-20-13-6-4-3-5-10(13)12-8-7-11(15(18)19)14(17)16-12/h3-8H,2,9H2,1H3,(H2,16,18)(H,17,19);3-8H,2,9H2,1H3,(H,16,17)(H,18,19). The van der Waals surface area contributed by atoms with Crippen molar-refractivity contribution < 1.29 is 24.2 Å². The Bertz CT molecular complexity index is 1470. The minimum Gasteiger partial charge on any atom is -0.493 e. The van der Waals surface area contributed by atoms with Crippen LogP contribution in [-0.4, -0.2) is 40.2 Å². The molecule has 4 aromatic rings. The summed E-state index contributed by atoms with van der Waals surface area (Å²) in [5.41, 5.74) is 6.29. The summed E-state index contributed by atoms with van der Waals surface area (Å²) in [4.78, 5) is 50.6. The van der Waals surface area contributed by atoms with Gasteiger partial charge in [0.05, 0.1) is 24.6 Å². The summed E-state index contributed by atoms with van der Waals surface area (Å²) < 4.78 is 11.3. The summed E-state index contributed by atoms with van der Waals surface area (Å²) in [6.07, 6.45) is 1.77. The molecule has 0 spiro atoms. The van der Waals surface area contributed by atoms with Crippen LogP contribution in [0.1, 0.15) is 47.4 Å². The van der Waals surface area contributed by atoms with Crippen LogP contribution in [0.4, 0.5) is 0 Å². The molecule has 0 saturated carbocycles. The minimum atomic E-state index is -1.24. The van der Waals surface area contributed by atoms with E-state index in [-0.39, 0.29) is 11.1 Å². The van der Waals surface area contributed by atoms with E-state index in [2.05, 4.69) is 9.97 Å². The molecule has 5 N–H and O–H groups in total. The second-order valence-corrected chi connectivity index (χ2v) is 8.59. The molecule has 1 amide bonds. The molecule has 40 heavy (non-hydrogen) atoms. The van der Waals surface area contributed by atoms with Crippen LogP contribution in [0, 0.1) is 0 Å². The molecule has 0 fully saturated rings. The van der Waals surface area contributed by atoms with Crippen molar-refractivity contribution in [1.29, 1.82) is 0 Å². The van der Waals surface area contributed by atoms with Crippen molar-refractivity contribution in [2.75, 3.05) is 13.2 Å². The number of carbonyl (C=O) groups excluding carboxylic acids is 1. The quantitative estimate of drug-likeness (QED) is 0.228. The van der Waals surface area contributed by atoms with Gasteiger partial charge in [-0.2, -0.15) is 0 Å². The molecule has 2 heterocycles. The average Bonchev–Trinajstić information content (AvgIpc) is 2.95. The van der Waals surface area contributed by atoms with Crippen LogP contribution in [0.3, 0.4) is 0 Å². The van der Waals surface area contributed by atoms with E-state index in [1.807, 2.05) is 62.4 Å². The number of hydrogen-bond acceptors (Lipinski definition) is 6. The molecule has 0 bridgehead atoms. The van der Waals surface area contributed by atoms with Crippen molar-refractivity contribution in [2.24, 2.45) is 5.73 Å². The Hall–Kier alpha value is -5.12. The zero-order valence-electron chi connectivity index (χ0n) is 22.2. The van der Waals surface area contributed by atoms with Gasteiger partial charge in [-0.15, -0.1) is 0 Å². The number of benzene rings is 2. The third-order valence-electron chi connectivity index (χ3n) is 5.59. The zero-order valence-corrected chi connectivity index (χ0v) is 22.2. The van der Waals surface area contributed by atoms with E-state index in [0.717, 1.165) is 24.0 Å². The van der Waals surface area contributed by atoms with E-state index < -0.39 is 23.0 Å². The van der Waals surface area contributed by atoms with Gasteiger partial charge in [-0.3, -0.25) is 14.4 Å². The summed E-state index contributed by atoms with van der Waals surface area (Å²) in [6.45, 7) is 5.20. The van der Waals surface area contributed by atoms with Gasteiger partial charge in [0.2, 0.25) is 0 Å². The van der Waals surface area contributed by atoms with Crippen molar-refractivity contribution in [3.63, 3.8) is 0 Å². The van der Waals surface area contributed by atoms with Crippen LogP contribution < -0.4 is 26.3 Å². The fourth-order valence-corrected chi connectivity index (χ4v) is 3.68. The zero-order chi connectivity index (χ0) is 29.1. The number of carbonyl (C=O) groups is 2. The van der Waals surface area contributed by atoms with Crippen molar-refractivity contribution in [2.45, 2.75) is 26.7 Å². The van der Waals surface area contributed by atoms with Gasteiger partial charge in [-0.1, -0.05) is 38.1 Å². The lowest BCUT2D eigenvalue weighted by Crippen LogP contribution is -2.23. The topological polar surface area (TPSA) is 165 Å². The number of rotatable bonds is 10. The Morgan fingerprint density at radius 1 is 0.700 bits per heavy atom. The van der Waals surface area contributed by atoms with Crippen LogP contribution in [0.15, 0.2) is 82.4 Å². The first-order chi connectivity index (χ1) is 19.3. The van der Waals surface area contributed by atoms with Crippen LogP contribution >= 0.6 is 0 Å². The Morgan fingerprint density at radius 2 is 1.12 bits per heavy atom. The Balaban J connectivity index is 0.000000220. The summed E-state index contributed by atoms with van der Waals surface area (Å²) in [5.74, 6) is -0.633. The molecule has 10 heteroatoms. The van der Waals surface area contributed by atoms with E-state index in [1.165, 1.54) is 12.1 Å². The predicted octanol–water partition coefficient (Wildman–Crippen LogP) is 4.46. The molecular formula is C30H31N3O7. The minimum absolute atomic E-state index is 0.0549. The molecule has 10 nitrogen and oxygen atoms in total. The maximum absolute atomic E-state index is 11.8. The van der Waals surface area contributed by atoms with Gasteiger partial charge in [0, 0.05) is 11.1 Å². The van der Waals surface area contributed by atoms with E-state index in [9.17, 15) is 19.2 Å². The fourth-order valence-electron chi connectivity index (χ4n) is 3.68. The van der Waals surface area contributed by atoms with E-state index >= 15 is 0 Å². The molecule has 0 aliphatic rings. The maximum Gasteiger partial charge on any atom is 0.341 e. The lowest BCUT2D eigenvalue weighted by molar-refractivity contribution is 0.0694. The number of aromatic carboxylic acids is 1. The SMILES string of the molecule is CCCOc1ccccc1-c1ccc(C(=O)O)c(=O)[nH]1.CCCOc1ccccc1-c1ccc(C(N)=O)c(=O)[nH]1. The third-order valence-corrected chi connectivity index (χ3v) is 5.59. The molecule has 2 aromatic carbocycles. The Labute approximate surface area is 230 Å². The number of carboxylic acid groups (broad SMARTS) is 1. The van der Waals surface area contributed by atoms with Gasteiger partial charge in [-0.05, 0) is 61.4 Å². The van der Waals surface area contributed by atoms with Gasteiger partial charge in [-0.25, -0.2) is 4.79 Å². The predicted molar refractivity (Wildman–Crippen MR) is 152 cm³/mol. The van der Waals surface area contributed by atoms with Crippen LogP contribution in [-0.2, 0) is 0 Å². The highest BCUT2D eigenvalue weighted by Gasteiger charge is 2.12. The number of nitrogens with one attached hydrogen (secondary N) is 2. The summed E-state index contributed by atoms with van der Waals surface area (Å²) in [5, 5.41) is 8.85. The lowest BCUT2D eigenvalue weighted by atomic mass is 10.1. The molecule has 0 unspecified atom stereocenters. The molecule has 0 aliphatic heterocycles. The largest absolute Gasteiger partial charge is 0.493 e. The smallest absolute Gasteiger partial charge is 0.341 e. The van der Waals surface area contributed by atoms with Crippen molar-refractivity contribution >= 4 is 11.9 Å². The van der Waals surface area contributed by atoms with E-state index in [4.69, 9.17) is 20.3 Å². The average molecular weight is 546 g/mol. The first kappa shape index (κ1) is 29.4. The number of aromatic nitrogens is 2. The van der Waals surface area contributed by atoms with Gasteiger partial charge < -0.3 is 30.3 Å². The third kappa shape index (κ3) is 7.47. The second kappa shape index (κ2) is 14.1. The van der Waals surface area contributed by atoms with E-state index in [0.29, 0.717) is 36.1 Å². The summed E-state index contributed by atoms with van der Waals surface area (Å²) in [7, 11) is 0. The monoisotopic (exact) mass is 545 g/mol. The van der Waals surface area contributed by atoms with Gasteiger partial charge in [0.15, 0.2) is 0 Å². The first-order valence-corrected chi connectivity index (χ1v) is 12.7. The van der Waals surface area contributed by atoms with Crippen LogP contribution in [0.2, 0.25) is 0 Å². The summed E-state index contributed by atoms with van der Waals surface area (Å²) in [6, 6.07) is 20.7. The van der Waals surface area contributed by atoms with Crippen LogP contribution in [0.5, 0.6) is 11.5 Å². The second-order valence-electron chi connectivity index (χ2n) is 8.59. The number of hydrogen-bond donors (Lipinski definition) is 4. The molecule has 0 saturated heterocycles. The Kier molecular flexibility index (Phi) is 10.4. The molecule has 0 aliphatic carbocycles. The van der Waals surface area contributed by atoms with Crippen molar-refractivity contribution in [3.8, 4) is 34.0 Å². The van der Waals surface area contributed by atoms with Crippen molar-refractivity contribution in [3.05, 3.63) is 105 Å². The molecule has 208 valence electrons. The number of ether oxygens (including phenoxy) is 2. The number of aromatic amines is 2. The molecule has 0 atom stereocenters.